The van der Waals surface area contributed by atoms with Crippen LogP contribution in [0.3, 0.4) is 0 Å². The van der Waals surface area contributed by atoms with Crippen LogP contribution in [0, 0.1) is 6.92 Å². The first-order valence-corrected chi connectivity index (χ1v) is 11.2. The van der Waals surface area contributed by atoms with Crippen LogP contribution in [0.25, 0.3) is 0 Å². The van der Waals surface area contributed by atoms with Gasteiger partial charge >= 0.3 is 5.97 Å². The van der Waals surface area contributed by atoms with Crippen LogP contribution in [-0.2, 0) is 17.9 Å². The van der Waals surface area contributed by atoms with E-state index in [9.17, 15) is 9.59 Å². The molecule has 0 aliphatic heterocycles. The Kier molecular flexibility index (Phi) is 8.90. The van der Waals surface area contributed by atoms with Crippen molar-refractivity contribution in [3.05, 3.63) is 87.9 Å². The number of aryl methyl sites for hydroxylation is 1. The van der Waals surface area contributed by atoms with Crippen LogP contribution in [0.1, 0.15) is 34.0 Å². The first-order chi connectivity index (χ1) is 16.4. The molecule has 1 amide bonds. The number of anilines is 1. The van der Waals surface area contributed by atoms with Gasteiger partial charge in [-0.1, -0.05) is 41.4 Å². The number of benzene rings is 3. The van der Waals surface area contributed by atoms with Gasteiger partial charge in [0.15, 0.2) is 18.1 Å². The number of amides is 1. The summed E-state index contributed by atoms with van der Waals surface area (Å²) in [5.41, 5.74) is 3.81. The van der Waals surface area contributed by atoms with Crippen molar-refractivity contribution in [1.82, 2.24) is 5.32 Å². The van der Waals surface area contributed by atoms with Crippen molar-refractivity contribution >= 4 is 29.2 Å². The fourth-order valence-electron chi connectivity index (χ4n) is 3.18. The van der Waals surface area contributed by atoms with E-state index in [0.29, 0.717) is 41.9 Å². The molecule has 0 radical (unpaired) electrons. The molecule has 0 aliphatic carbocycles. The van der Waals surface area contributed by atoms with Crippen LogP contribution in [0.5, 0.6) is 11.5 Å². The van der Waals surface area contributed by atoms with E-state index < -0.39 is 5.97 Å². The Morgan fingerprint density at radius 3 is 2.26 bits per heavy atom. The summed E-state index contributed by atoms with van der Waals surface area (Å²) in [5.74, 6) is -0.358. The molecule has 3 aromatic rings. The van der Waals surface area contributed by atoms with Crippen molar-refractivity contribution in [2.24, 2.45) is 0 Å². The molecular weight excluding hydrogens is 456 g/mol. The van der Waals surface area contributed by atoms with Crippen LogP contribution < -0.4 is 20.1 Å². The number of aromatic carboxylic acids is 1. The van der Waals surface area contributed by atoms with E-state index in [-0.39, 0.29) is 18.1 Å². The van der Waals surface area contributed by atoms with Gasteiger partial charge in [-0.15, -0.1) is 0 Å². The fourth-order valence-corrected chi connectivity index (χ4v) is 3.40. The molecule has 0 spiro atoms. The van der Waals surface area contributed by atoms with E-state index in [0.717, 1.165) is 16.7 Å². The lowest BCUT2D eigenvalue weighted by Crippen LogP contribution is -2.20. The molecule has 0 bridgehead atoms. The molecule has 0 atom stereocenters. The Bertz CT molecular complexity index is 1130. The first kappa shape index (κ1) is 25.1. The minimum atomic E-state index is -0.954. The zero-order valence-electron chi connectivity index (χ0n) is 19.1. The minimum absolute atomic E-state index is 0.186. The number of carbonyl (C=O) groups excluding carboxylic acids is 1. The number of hydrogen-bond acceptors (Lipinski definition) is 5. The number of carboxylic acid groups (broad SMARTS) is 1. The Labute approximate surface area is 203 Å². The minimum Gasteiger partial charge on any atom is -0.490 e. The molecule has 0 saturated heterocycles. The molecular formula is C26H27ClN2O5. The Morgan fingerprint density at radius 2 is 1.62 bits per heavy atom. The third-order valence-electron chi connectivity index (χ3n) is 4.95. The maximum Gasteiger partial charge on any atom is 0.335 e. The number of nitrogens with one attached hydrogen (secondary N) is 2. The van der Waals surface area contributed by atoms with E-state index in [2.05, 4.69) is 10.6 Å². The lowest BCUT2D eigenvalue weighted by molar-refractivity contribution is -0.118. The summed E-state index contributed by atoms with van der Waals surface area (Å²) in [6, 6.07) is 17.6. The van der Waals surface area contributed by atoms with E-state index >= 15 is 0 Å². The average molecular weight is 483 g/mol. The predicted octanol–water partition coefficient (Wildman–Crippen LogP) is 5.05. The highest BCUT2D eigenvalue weighted by atomic mass is 35.5. The van der Waals surface area contributed by atoms with Gasteiger partial charge < -0.3 is 25.2 Å². The van der Waals surface area contributed by atoms with Gasteiger partial charge in [0.2, 0.25) is 0 Å². The number of carbonyl (C=O) groups is 2. The molecule has 7 nitrogen and oxygen atoms in total. The standard InChI is InChI=1S/C26H27ClN2O5/c1-3-33-23-12-20(15-28-14-18-6-8-19(9-7-18)26(31)32)22(27)13-24(23)34-16-25(30)29-21-10-4-17(2)5-11-21/h4-13,28H,3,14-16H2,1-2H3,(H,29,30)(H,31,32). The topological polar surface area (TPSA) is 96.9 Å². The van der Waals surface area contributed by atoms with Crippen LogP contribution in [0.2, 0.25) is 5.02 Å². The quantitative estimate of drug-likeness (QED) is 0.354. The number of ether oxygens (including phenoxy) is 2. The maximum atomic E-state index is 12.3. The van der Waals surface area contributed by atoms with E-state index in [1.807, 2.05) is 38.1 Å². The Hall–Kier alpha value is -3.55. The van der Waals surface area contributed by atoms with Gasteiger partial charge in [0.1, 0.15) is 0 Å². The second-order valence-corrected chi connectivity index (χ2v) is 8.04. The highest BCUT2D eigenvalue weighted by molar-refractivity contribution is 6.31. The molecule has 0 heterocycles. The lowest BCUT2D eigenvalue weighted by Gasteiger charge is -2.15. The van der Waals surface area contributed by atoms with Gasteiger partial charge in [-0.3, -0.25) is 4.79 Å². The van der Waals surface area contributed by atoms with Crippen molar-refractivity contribution in [2.45, 2.75) is 26.9 Å². The first-order valence-electron chi connectivity index (χ1n) is 10.8. The zero-order valence-corrected chi connectivity index (χ0v) is 19.8. The van der Waals surface area contributed by atoms with Gasteiger partial charge in [0.05, 0.1) is 12.2 Å². The highest BCUT2D eigenvalue weighted by Gasteiger charge is 2.13. The summed E-state index contributed by atoms with van der Waals surface area (Å²) in [4.78, 5) is 23.2. The van der Waals surface area contributed by atoms with Gasteiger partial charge in [-0.05, 0) is 55.3 Å². The normalized spacial score (nSPS) is 10.6. The third-order valence-corrected chi connectivity index (χ3v) is 5.30. The summed E-state index contributed by atoms with van der Waals surface area (Å²) < 4.78 is 11.4. The summed E-state index contributed by atoms with van der Waals surface area (Å²) in [6.07, 6.45) is 0. The second-order valence-electron chi connectivity index (χ2n) is 7.63. The van der Waals surface area contributed by atoms with Crippen molar-refractivity contribution in [3.63, 3.8) is 0 Å². The Morgan fingerprint density at radius 1 is 0.941 bits per heavy atom. The van der Waals surface area contributed by atoms with Crippen LogP contribution in [0.4, 0.5) is 5.69 Å². The van der Waals surface area contributed by atoms with Crippen molar-refractivity contribution in [2.75, 3.05) is 18.5 Å². The van der Waals surface area contributed by atoms with Crippen molar-refractivity contribution in [1.29, 1.82) is 0 Å². The third kappa shape index (κ3) is 7.23. The molecule has 34 heavy (non-hydrogen) atoms. The maximum absolute atomic E-state index is 12.3. The monoisotopic (exact) mass is 482 g/mol. The molecule has 178 valence electrons. The number of carboxylic acids is 1. The molecule has 3 aromatic carbocycles. The zero-order chi connectivity index (χ0) is 24.5. The molecule has 0 saturated carbocycles. The number of halogens is 1. The lowest BCUT2D eigenvalue weighted by atomic mass is 10.1. The van der Waals surface area contributed by atoms with Crippen LogP contribution in [0.15, 0.2) is 60.7 Å². The van der Waals surface area contributed by atoms with Gasteiger partial charge in [-0.25, -0.2) is 4.79 Å². The van der Waals surface area contributed by atoms with Gasteiger partial charge in [-0.2, -0.15) is 0 Å². The molecule has 0 aromatic heterocycles. The largest absolute Gasteiger partial charge is 0.490 e. The number of hydrogen-bond donors (Lipinski definition) is 3. The molecule has 0 aliphatic rings. The van der Waals surface area contributed by atoms with Crippen molar-refractivity contribution < 1.29 is 24.2 Å². The summed E-state index contributed by atoms with van der Waals surface area (Å²) in [7, 11) is 0. The molecule has 3 N–H and O–H groups in total. The number of rotatable bonds is 11. The summed E-state index contributed by atoms with van der Waals surface area (Å²) in [5, 5.41) is 15.5. The van der Waals surface area contributed by atoms with E-state index in [4.69, 9.17) is 26.2 Å². The SMILES string of the molecule is CCOc1cc(CNCc2ccc(C(=O)O)cc2)c(Cl)cc1OCC(=O)Nc1ccc(C)cc1. The summed E-state index contributed by atoms with van der Waals surface area (Å²) >= 11 is 6.46. The average Bonchev–Trinajstić information content (AvgIpc) is 2.82. The van der Waals surface area contributed by atoms with E-state index in [1.54, 1.807) is 36.4 Å². The van der Waals surface area contributed by atoms with Crippen molar-refractivity contribution in [3.8, 4) is 11.5 Å². The highest BCUT2D eigenvalue weighted by Crippen LogP contribution is 2.33. The van der Waals surface area contributed by atoms with E-state index in [1.165, 1.54) is 0 Å². The van der Waals surface area contributed by atoms with Gasteiger partial charge in [0, 0.05) is 29.9 Å². The summed E-state index contributed by atoms with van der Waals surface area (Å²) in [6.45, 7) is 5.09. The predicted molar refractivity (Wildman–Crippen MR) is 132 cm³/mol. The second kappa shape index (κ2) is 12.1. The van der Waals surface area contributed by atoms with Crippen LogP contribution in [-0.4, -0.2) is 30.2 Å². The fraction of sp³-hybridized carbons (Fsp3) is 0.231. The van der Waals surface area contributed by atoms with Gasteiger partial charge in [0.25, 0.3) is 5.91 Å². The molecule has 0 unspecified atom stereocenters. The smallest absolute Gasteiger partial charge is 0.335 e. The Balaban J connectivity index is 1.59. The van der Waals surface area contributed by atoms with Crippen LogP contribution >= 0.6 is 11.6 Å². The molecule has 0 fully saturated rings. The molecule has 8 heteroatoms. The molecule has 3 rings (SSSR count).